The Hall–Kier alpha value is -1.55. The molecule has 1 aromatic carbocycles. The van der Waals surface area contributed by atoms with Gasteiger partial charge < -0.3 is 10.2 Å². The highest BCUT2D eigenvalue weighted by Gasteiger charge is 2.08. The van der Waals surface area contributed by atoms with E-state index in [2.05, 4.69) is 0 Å². The number of aliphatic carboxylic acids is 1. The molecule has 0 spiro atoms. The van der Waals surface area contributed by atoms with Crippen LogP contribution in [-0.2, 0) is 4.79 Å². The van der Waals surface area contributed by atoms with Gasteiger partial charge in [-0.25, -0.2) is 9.18 Å². The summed E-state index contributed by atoms with van der Waals surface area (Å²) in [5.74, 6) is -2.68. The van der Waals surface area contributed by atoms with Gasteiger partial charge in [0.05, 0.1) is 5.02 Å². The third kappa shape index (κ3) is 2.23. The molecule has 0 unspecified atom stereocenters. The van der Waals surface area contributed by atoms with Gasteiger partial charge in [0.1, 0.15) is 0 Å². The summed E-state index contributed by atoms with van der Waals surface area (Å²) >= 11 is 5.50. The van der Waals surface area contributed by atoms with Crippen molar-refractivity contribution >= 4 is 23.6 Å². The van der Waals surface area contributed by atoms with Crippen molar-refractivity contribution in [2.75, 3.05) is 0 Å². The van der Waals surface area contributed by atoms with E-state index in [1.54, 1.807) is 0 Å². The van der Waals surface area contributed by atoms with Crippen molar-refractivity contribution in [3.63, 3.8) is 0 Å². The SMILES string of the molecule is O=C(O)/C=C/c1ccc(O)c(F)c1Cl. The van der Waals surface area contributed by atoms with Gasteiger partial charge in [0.2, 0.25) is 0 Å². The van der Waals surface area contributed by atoms with E-state index in [1.807, 2.05) is 0 Å². The Balaban J connectivity index is 3.12. The van der Waals surface area contributed by atoms with Gasteiger partial charge in [-0.3, -0.25) is 0 Å². The summed E-state index contributed by atoms with van der Waals surface area (Å²) in [7, 11) is 0. The van der Waals surface area contributed by atoms with Crippen LogP contribution in [0.25, 0.3) is 6.08 Å². The molecule has 0 aromatic heterocycles. The molecule has 1 rings (SSSR count). The number of halogens is 2. The number of rotatable bonds is 2. The third-order valence-corrected chi connectivity index (χ3v) is 1.88. The largest absolute Gasteiger partial charge is 0.505 e. The molecule has 0 amide bonds. The first kappa shape index (κ1) is 10.5. The lowest BCUT2D eigenvalue weighted by Crippen LogP contribution is -1.87. The second-order valence-corrected chi connectivity index (χ2v) is 2.85. The molecule has 2 N–H and O–H groups in total. The molecule has 0 aliphatic carbocycles. The van der Waals surface area contributed by atoms with Crippen LogP contribution in [0.1, 0.15) is 5.56 Å². The smallest absolute Gasteiger partial charge is 0.328 e. The number of aromatic hydroxyl groups is 1. The number of carbonyl (C=O) groups is 1. The lowest BCUT2D eigenvalue weighted by atomic mass is 10.2. The number of phenols is 1. The van der Waals surface area contributed by atoms with E-state index in [1.165, 1.54) is 6.07 Å². The normalized spacial score (nSPS) is 10.7. The topological polar surface area (TPSA) is 57.5 Å². The first-order valence-electron chi connectivity index (χ1n) is 3.60. The third-order valence-electron chi connectivity index (χ3n) is 1.50. The fourth-order valence-corrected chi connectivity index (χ4v) is 1.07. The number of carboxylic acid groups (broad SMARTS) is 1. The van der Waals surface area contributed by atoms with E-state index in [9.17, 15) is 9.18 Å². The average molecular weight is 217 g/mol. The predicted octanol–water partition coefficient (Wildman–Crippen LogP) is 2.28. The van der Waals surface area contributed by atoms with Gasteiger partial charge in [0, 0.05) is 6.08 Å². The van der Waals surface area contributed by atoms with Crippen LogP contribution in [0.4, 0.5) is 4.39 Å². The van der Waals surface area contributed by atoms with Crippen molar-refractivity contribution in [2.45, 2.75) is 0 Å². The Labute approximate surface area is 84.1 Å². The second kappa shape index (κ2) is 4.11. The zero-order valence-electron chi connectivity index (χ0n) is 6.87. The summed E-state index contributed by atoms with van der Waals surface area (Å²) in [6.45, 7) is 0. The average Bonchev–Trinajstić information content (AvgIpc) is 2.13. The molecule has 74 valence electrons. The molecule has 0 radical (unpaired) electrons. The molecule has 5 heteroatoms. The minimum Gasteiger partial charge on any atom is -0.505 e. The maximum Gasteiger partial charge on any atom is 0.328 e. The van der Waals surface area contributed by atoms with Crippen molar-refractivity contribution < 1.29 is 19.4 Å². The number of phenolic OH excluding ortho intramolecular Hbond substituents is 1. The van der Waals surface area contributed by atoms with E-state index in [0.717, 1.165) is 18.2 Å². The molecule has 0 aliphatic rings. The Morgan fingerprint density at radius 2 is 2.14 bits per heavy atom. The van der Waals surface area contributed by atoms with Crippen LogP contribution in [0.2, 0.25) is 5.02 Å². The Morgan fingerprint density at radius 3 is 2.71 bits per heavy atom. The lowest BCUT2D eigenvalue weighted by Gasteiger charge is -2.00. The van der Waals surface area contributed by atoms with Crippen LogP contribution < -0.4 is 0 Å². The molecular formula is C9H6ClFO3. The zero-order chi connectivity index (χ0) is 10.7. The quantitative estimate of drug-likeness (QED) is 0.746. The Kier molecular flexibility index (Phi) is 3.09. The molecule has 0 saturated carbocycles. The summed E-state index contributed by atoms with van der Waals surface area (Å²) in [6.07, 6.45) is 1.98. The number of hydrogen-bond donors (Lipinski definition) is 2. The molecule has 0 heterocycles. The zero-order valence-corrected chi connectivity index (χ0v) is 7.62. The van der Waals surface area contributed by atoms with E-state index < -0.39 is 17.5 Å². The van der Waals surface area contributed by atoms with Crippen molar-refractivity contribution in [2.24, 2.45) is 0 Å². The first-order chi connectivity index (χ1) is 6.52. The van der Waals surface area contributed by atoms with Crippen LogP contribution in [0.5, 0.6) is 5.75 Å². The number of hydrogen-bond acceptors (Lipinski definition) is 2. The fourth-order valence-electron chi connectivity index (χ4n) is 0.844. The van der Waals surface area contributed by atoms with Crippen LogP contribution in [0, 0.1) is 5.82 Å². The molecule has 0 fully saturated rings. The molecule has 1 aromatic rings. The highest BCUT2D eigenvalue weighted by molar-refractivity contribution is 6.32. The van der Waals surface area contributed by atoms with Crippen LogP contribution in [0.15, 0.2) is 18.2 Å². The first-order valence-corrected chi connectivity index (χ1v) is 3.98. The molecular weight excluding hydrogens is 211 g/mol. The van der Waals surface area contributed by atoms with Gasteiger partial charge in [-0.2, -0.15) is 0 Å². The van der Waals surface area contributed by atoms with Crippen LogP contribution in [0.3, 0.4) is 0 Å². The lowest BCUT2D eigenvalue weighted by molar-refractivity contribution is -0.131. The number of benzene rings is 1. The molecule has 0 saturated heterocycles. The minimum atomic E-state index is -1.16. The minimum absolute atomic E-state index is 0.198. The summed E-state index contributed by atoms with van der Waals surface area (Å²) in [4.78, 5) is 10.2. The number of carboxylic acids is 1. The van der Waals surface area contributed by atoms with Gasteiger partial charge in [0.25, 0.3) is 0 Å². The van der Waals surface area contributed by atoms with Gasteiger partial charge in [-0.1, -0.05) is 11.6 Å². The highest BCUT2D eigenvalue weighted by atomic mass is 35.5. The fraction of sp³-hybridized carbons (Fsp3) is 0. The predicted molar refractivity (Wildman–Crippen MR) is 49.7 cm³/mol. The summed E-state index contributed by atoms with van der Waals surface area (Å²) in [5.41, 5.74) is 0.198. The van der Waals surface area contributed by atoms with Gasteiger partial charge in [0.15, 0.2) is 11.6 Å². The molecule has 0 aliphatic heterocycles. The standard InChI is InChI=1S/C9H6ClFO3/c10-8-5(2-4-7(13)14)1-3-6(12)9(8)11/h1-4,12H,(H,13,14)/b4-2+. The summed E-state index contributed by atoms with van der Waals surface area (Å²) in [6, 6.07) is 2.42. The molecule has 3 nitrogen and oxygen atoms in total. The summed E-state index contributed by atoms with van der Waals surface area (Å²) in [5, 5.41) is 16.9. The Bertz CT molecular complexity index is 401. The van der Waals surface area contributed by atoms with Crippen molar-refractivity contribution in [1.82, 2.24) is 0 Å². The molecule has 0 bridgehead atoms. The van der Waals surface area contributed by atoms with Crippen molar-refractivity contribution in [3.05, 3.63) is 34.6 Å². The second-order valence-electron chi connectivity index (χ2n) is 2.47. The molecule has 0 atom stereocenters. The maximum atomic E-state index is 13.0. The summed E-state index contributed by atoms with van der Waals surface area (Å²) < 4.78 is 13.0. The maximum absolute atomic E-state index is 13.0. The van der Waals surface area contributed by atoms with Crippen molar-refractivity contribution in [1.29, 1.82) is 0 Å². The van der Waals surface area contributed by atoms with Gasteiger partial charge in [-0.15, -0.1) is 0 Å². The highest BCUT2D eigenvalue weighted by Crippen LogP contribution is 2.27. The van der Waals surface area contributed by atoms with E-state index in [-0.39, 0.29) is 10.6 Å². The monoisotopic (exact) mass is 216 g/mol. The van der Waals surface area contributed by atoms with Gasteiger partial charge >= 0.3 is 5.97 Å². The van der Waals surface area contributed by atoms with Crippen LogP contribution in [-0.4, -0.2) is 16.2 Å². The van der Waals surface area contributed by atoms with E-state index in [4.69, 9.17) is 21.8 Å². The van der Waals surface area contributed by atoms with Crippen LogP contribution >= 0.6 is 11.6 Å². The van der Waals surface area contributed by atoms with Gasteiger partial charge in [-0.05, 0) is 23.8 Å². The van der Waals surface area contributed by atoms with E-state index >= 15 is 0 Å². The molecule has 14 heavy (non-hydrogen) atoms. The Morgan fingerprint density at radius 1 is 1.50 bits per heavy atom. The van der Waals surface area contributed by atoms with Crippen molar-refractivity contribution in [3.8, 4) is 5.75 Å². The van der Waals surface area contributed by atoms with E-state index in [0.29, 0.717) is 0 Å².